The number of nitrogens with zero attached hydrogens (tertiary/aromatic N) is 2. The third-order valence-electron chi connectivity index (χ3n) is 3.27. The van der Waals surface area contributed by atoms with E-state index in [0.29, 0.717) is 29.6 Å². The molecule has 2 aromatic heterocycles. The number of hydrogen-bond acceptors (Lipinski definition) is 6. The van der Waals surface area contributed by atoms with E-state index in [9.17, 15) is 9.90 Å². The van der Waals surface area contributed by atoms with Crippen molar-refractivity contribution >= 4 is 17.2 Å². The first-order valence-corrected chi connectivity index (χ1v) is 7.60. The number of amides is 1. The Morgan fingerprint density at radius 1 is 1.57 bits per heavy atom. The van der Waals surface area contributed by atoms with Gasteiger partial charge in [-0.25, -0.2) is 4.98 Å². The molecule has 1 saturated heterocycles. The summed E-state index contributed by atoms with van der Waals surface area (Å²) in [6, 6.07) is 3.60. The Balaban J connectivity index is 1.76. The van der Waals surface area contributed by atoms with Crippen LogP contribution < -0.4 is 0 Å². The molecule has 1 aliphatic heterocycles. The molecule has 0 spiro atoms. The zero-order chi connectivity index (χ0) is 14.8. The van der Waals surface area contributed by atoms with Crippen LogP contribution in [-0.2, 0) is 4.74 Å². The van der Waals surface area contributed by atoms with Crippen molar-refractivity contribution in [3.8, 4) is 10.8 Å². The van der Waals surface area contributed by atoms with Crippen molar-refractivity contribution in [2.75, 3.05) is 19.7 Å². The average molecular weight is 308 g/mol. The number of aromatic nitrogens is 1. The largest absolute Gasteiger partial charge is 0.462 e. The highest BCUT2D eigenvalue weighted by Gasteiger charge is 2.29. The van der Waals surface area contributed by atoms with Gasteiger partial charge in [-0.15, -0.1) is 11.3 Å². The lowest BCUT2D eigenvalue weighted by molar-refractivity contribution is -0.0859. The second-order valence-corrected chi connectivity index (χ2v) is 5.83. The fourth-order valence-corrected chi connectivity index (χ4v) is 3.12. The summed E-state index contributed by atoms with van der Waals surface area (Å²) in [7, 11) is 0. The smallest absolute Gasteiger partial charge is 0.273 e. The highest BCUT2D eigenvalue weighted by molar-refractivity contribution is 7.13. The second kappa shape index (κ2) is 5.97. The van der Waals surface area contributed by atoms with E-state index in [1.165, 1.54) is 11.3 Å². The van der Waals surface area contributed by atoms with Crippen LogP contribution >= 0.6 is 11.3 Å². The minimum Gasteiger partial charge on any atom is -0.462 e. The molecule has 1 amide bonds. The van der Waals surface area contributed by atoms with Crippen LogP contribution in [0.15, 0.2) is 28.2 Å². The van der Waals surface area contributed by atoms with Gasteiger partial charge in [0.25, 0.3) is 5.91 Å². The SMILES string of the molecule is CC1CN(C(=O)c2csc(-c3ccco3)n2)CC(CO)O1. The summed E-state index contributed by atoms with van der Waals surface area (Å²) < 4.78 is 10.8. The van der Waals surface area contributed by atoms with Gasteiger partial charge in [0.2, 0.25) is 0 Å². The van der Waals surface area contributed by atoms with Crippen molar-refractivity contribution in [3.63, 3.8) is 0 Å². The molecule has 1 aliphatic rings. The standard InChI is InChI=1S/C14H16N2O4S/c1-9-5-16(6-10(7-17)20-9)14(18)11-8-21-13(15-11)12-3-2-4-19-12/h2-4,8-10,17H,5-7H2,1H3. The van der Waals surface area contributed by atoms with Crippen molar-refractivity contribution in [1.29, 1.82) is 0 Å². The van der Waals surface area contributed by atoms with E-state index in [1.54, 1.807) is 22.6 Å². The summed E-state index contributed by atoms with van der Waals surface area (Å²) in [6.07, 6.45) is 1.15. The van der Waals surface area contributed by atoms with Crippen molar-refractivity contribution < 1.29 is 19.1 Å². The van der Waals surface area contributed by atoms with E-state index in [2.05, 4.69) is 4.98 Å². The second-order valence-electron chi connectivity index (χ2n) is 4.98. The van der Waals surface area contributed by atoms with Crippen LogP contribution in [0.25, 0.3) is 10.8 Å². The molecule has 21 heavy (non-hydrogen) atoms. The molecule has 2 aromatic rings. The first-order chi connectivity index (χ1) is 10.2. The molecule has 112 valence electrons. The summed E-state index contributed by atoms with van der Waals surface area (Å²) in [6.45, 7) is 2.68. The Hall–Kier alpha value is -1.70. The fourth-order valence-electron chi connectivity index (χ4n) is 2.36. The maximum absolute atomic E-state index is 12.5. The number of aliphatic hydroxyl groups excluding tert-OH is 1. The molecule has 6 nitrogen and oxygen atoms in total. The Labute approximate surface area is 126 Å². The number of thiazole rings is 1. The lowest BCUT2D eigenvalue weighted by Crippen LogP contribution is -2.50. The molecular formula is C14H16N2O4S. The molecule has 0 aliphatic carbocycles. The molecule has 0 radical (unpaired) electrons. The van der Waals surface area contributed by atoms with E-state index in [-0.39, 0.29) is 24.7 Å². The minimum absolute atomic E-state index is 0.0944. The van der Waals surface area contributed by atoms with Crippen LogP contribution in [0.2, 0.25) is 0 Å². The van der Waals surface area contributed by atoms with Gasteiger partial charge < -0.3 is 19.2 Å². The van der Waals surface area contributed by atoms with E-state index in [1.807, 2.05) is 13.0 Å². The minimum atomic E-state index is -0.333. The number of aliphatic hydroxyl groups is 1. The number of rotatable bonds is 3. The summed E-state index contributed by atoms with van der Waals surface area (Å²) in [4.78, 5) is 18.5. The van der Waals surface area contributed by atoms with Gasteiger partial charge in [0.05, 0.1) is 25.1 Å². The Bertz CT molecular complexity index is 610. The topological polar surface area (TPSA) is 75.8 Å². The predicted octanol–water partition coefficient (Wildman–Crippen LogP) is 1.62. The van der Waals surface area contributed by atoms with Crippen LogP contribution in [-0.4, -0.2) is 52.8 Å². The molecule has 1 fully saturated rings. The molecular weight excluding hydrogens is 292 g/mol. The van der Waals surface area contributed by atoms with Gasteiger partial charge >= 0.3 is 0 Å². The van der Waals surface area contributed by atoms with E-state index < -0.39 is 0 Å². The number of ether oxygens (including phenoxy) is 1. The van der Waals surface area contributed by atoms with Gasteiger partial charge in [0.1, 0.15) is 5.69 Å². The van der Waals surface area contributed by atoms with Crippen LogP contribution in [0.4, 0.5) is 0 Å². The average Bonchev–Trinajstić information content (AvgIpc) is 3.16. The molecule has 1 N–H and O–H groups in total. The molecule has 0 aromatic carbocycles. The number of morpholine rings is 1. The van der Waals surface area contributed by atoms with Gasteiger partial charge in [0, 0.05) is 18.5 Å². The van der Waals surface area contributed by atoms with Crippen LogP contribution in [0, 0.1) is 0 Å². The number of hydrogen-bond donors (Lipinski definition) is 1. The molecule has 7 heteroatoms. The van der Waals surface area contributed by atoms with E-state index >= 15 is 0 Å². The monoisotopic (exact) mass is 308 g/mol. The van der Waals surface area contributed by atoms with Crippen molar-refractivity contribution in [2.24, 2.45) is 0 Å². The van der Waals surface area contributed by atoms with E-state index in [0.717, 1.165) is 0 Å². The molecule has 0 saturated carbocycles. The van der Waals surface area contributed by atoms with Gasteiger partial charge in [0.15, 0.2) is 10.8 Å². The first kappa shape index (κ1) is 14.2. The van der Waals surface area contributed by atoms with Crippen molar-refractivity contribution in [3.05, 3.63) is 29.5 Å². The lowest BCUT2D eigenvalue weighted by atomic mass is 10.2. The lowest BCUT2D eigenvalue weighted by Gasteiger charge is -2.35. The summed E-state index contributed by atoms with van der Waals surface area (Å²) in [5, 5.41) is 11.6. The Morgan fingerprint density at radius 3 is 3.14 bits per heavy atom. The van der Waals surface area contributed by atoms with Gasteiger partial charge in [-0.05, 0) is 19.1 Å². The quantitative estimate of drug-likeness (QED) is 0.932. The highest BCUT2D eigenvalue weighted by Crippen LogP contribution is 2.25. The Kier molecular flexibility index (Phi) is 4.05. The van der Waals surface area contributed by atoms with E-state index in [4.69, 9.17) is 9.15 Å². The zero-order valence-corrected chi connectivity index (χ0v) is 12.4. The maximum Gasteiger partial charge on any atom is 0.273 e. The summed E-state index contributed by atoms with van der Waals surface area (Å²) in [5.41, 5.74) is 0.400. The van der Waals surface area contributed by atoms with Gasteiger partial charge in [-0.1, -0.05) is 0 Å². The highest BCUT2D eigenvalue weighted by atomic mass is 32.1. The first-order valence-electron chi connectivity index (χ1n) is 6.72. The molecule has 3 heterocycles. The summed E-state index contributed by atoms with van der Waals surface area (Å²) >= 11 is 1.37. The number of carbonyl (C=O) groups is 1. The molecule has 2 unspecified atom stereocenters. The molecule has 3 rings (SSSR count). The van der Waals surface area contributed by atoms with Crippen LogP contribution in [0.3, 0.4) is 0 Å². The van der Waals surface area contributed by atoms with Crippen molar-refractivity contribution in [2.45, 2.75) is 19.1 Å². The predicted molar refractivity (Wildman–Crippen MR) is 77.1 cm³/mol. The zero-order valence-electron chi connectivity index (χ0n) is 11.6. The normalized spacial score (nSPS) is 22.5. The molecule has 0 bridgehead atoms. The van der Waals surface area contributed by atoms with Crippen molar-refractivity contribution in [1.82, 2.24) is 9.88 Å². The van der Waals surface area contributed by atoms with Gasteiger partial charge in [-0.3, -0.25) is 4.79 Å². The third kappa shape index (κ3) is 2.99. The van der Waals surface area contributed by atoms with Crippen LogP contribution in [0.1, 0.15) is 17.4 Å². The third-order valence-corrected chi connectivity index (χ3v) is 4.13. The fraction of sp³-hybridized carbons (Fsp3) is 0.429. The maximum atomic E-state index is 12.5. The number of furan rings is 1. The van der Waals surface area contributed by atoms with Crippen LogP contribution in [0.5, 0.6) is 0 Å². The summed E-state index contributed by atoms with van der Waals surface area (Å²) in [5.74, 6) is 0.514. The molecule has 2 atom stereocenters. The van der Waals surface area contributed by atoms with Gasteiger partial charge in [-0.2, -0.15) is 0 Å². The Morgan fingerprint density at radius 2 is 2.43 bits per heavy atom. The number of carbonyl (C=O) groups excluding carboxylic acids is 1.